The predicted molar refractivity (Wildman–Crippen MR) is 128 cm³/mol. The lowest BCUT2D eigenvalue weighted by molar-refractivity contribution is -0.137. The van der Waals surface area contributed by atoms with E-state index in [4.69, 9.17) is 0 Å². The van der Waals surface area contributed by atoms with Crippen LogP contribution in [-0.4, -0.2) is 57.9 Å². The van der Waals surface area contributed by atoms with Crippen LogP contribution in [0.3, 0.4) is 0 Å². The summed E-state index contributed by atoms with van der Waals surface area (Å²) in [6.45, 7) is 0.398. The molecule has 2 fully saturated rings. The molecule has 190 valence electrons. The van der Waals surface area contributed by atoms with Gasteiger partial charge in [0.2, 0.25) is 11.9 Å². The number of urea groups is 1. The summed E-state index contributed by atoms with van der Waals surface area (Å²) in [4.78, 5) is 48.7. The molecule has 2 aromatic carbocycles. The summed E-state index contributed by atoms with van der Waals surface area (Å²) in [5, 5.41) is 5.16. The predicted octanol–water partition coefficient (Wildman–Crippen LogP) is 3.53. The molecular formula is C23H22ClF3N6O3. The average Bonchev–Trinajstić information content (AvgIpc) is 3.35. The third kappa shape index (κ3) is 4.68. The number of imidazole rings is 1. The van der Waals surface area contributed by atoms with Gasteiger partial charge in [-0.1, -0.05) is 12.1 Å². The van der Waals surface area contributed by atoms with Crippen LogP contribution in [0.1, 0.15) is 18.4 Å². The summed E-state index contributed by atoms with van der Waals surface area (Å²) < 4.78 is 38.1. The summed E-state index contributed by atoms with van der Waals surface area (Å²) in [5.74, 6) is -0.495. The van der Waals surface area contributed by atoms with E-state index in [1.165, 1.54) is 0 Å². The molecule has 1 spiro atoms. The molecule has 3 aromatic rings. The van der Waals surface area contributed by atoms with Gasteiger partial charge in [-0.2, -0.15) is 13.2 Å². The molecule has 1 aromatic heterocycles. The fraction of sp³-hybridized carbons (Fsp3) is 0.304. The quantitative estimate of drug-likeness (QED) is 0.454. The number of alkyl halides is 3. The Morgan fingerprint density at radius 1 is 1.06 bits per heavy atom. The molecule has 2 aliphatic heterocycles. The van der Waals surface area contributed by atoms with E-state index in [9.17, 15) is 27.6 Å². The molecule has 3 heterocycles. The second-order valence-electron chi connectivity index (χ2n) is 8.59. The maximum atomic E-state index is 13.1. The molecule has 0 bridgehead atoms. The lowest BCUT2D eigenvalue weighted by atomic mass is 9.87. The van der Waals surface area contributed by atoms with Crippen LogP contribution in [0.5, 0.6) is 0 Å². The minimum absolute atomic E-state index is 0. The SMILES string of the molecule is Cl.O=C(CN1C(=O)NC2(CCN(c3nc4ccccc4[nH]3)CC2)C1=O)Nc1ccc(C(F)(F)F)cc1. The van der Waals surface area contributed by atoms with E-state index in [-0.39, 0.29) is 18.1 Å². The normalized spacial score (nSPS) is 17.3. The molecule has 13 heteroatoms. The maximum Gasteiger partial charge on any atom is 0.416 e. The summed E-state index contributed by atoms with van der Waals surface area (Å²) in [6, 6.07) is 10.9. The van der Waals surface area contributed by atoms with E-state index < -0.39 is 41.7 Å². The topological polar surface area (TPSA) is 110 Å². The van der Waals surface area contributed by atoms with Crippen molar-refractivity contribution < 1.29 is 27.6 Å². The number of H-pyrrole nitrogens is 1. The Kier molecular flexibility index (Phi) is 6.56. The first-order valence-electron chi connectivity index (χ1n) is 11.0. The molecule has 0 aliphatic carbocycles. The third-order valence-electron chi connectivity index (χ3n) is 6.34. The van der Waals surface area contributed by atoms with Gasteiger partial charge in [-0.25, -0.2) is 9.78 Å². The van der Waals surface area contributed by atoms with E-state index in [1.807, 2.05) is 29.2 Å². The summed E-state index contributed by atoms with van der Waals surface area (Å²) >= 11 is 0. The number of hydrogen-bond acceptors (Lipinski definition) is 5. The Morgan fingerprint density at radius 2 is 1.72 bits per heavy atom. The number of carbonyl (C=O) groups excluding carboxylic acids is 3. The van der Waals surface area contributed by atoms with Crippen LogP contribution in [0.2, 0.25) is 0 Å². The minimum atomic E-state index is -4.49. The molecule has 36 heavy (non-hydrogen) atoms. The molecule has 3 N–H and O–H groups in total. The molecule has 9 nitrogen and oxygen atoms in total. The summed E-state index contributed by atoms with van der Waals surface area (Å²) in [7, 11) is 0. The molecule has 2 saturated heterocycles. The number of carbonyl (C=O) groups is 3. The van der Waals surface area contributed by atoms with Crippen molar-refractivity contribution in [3.63, 3.8) is 0 Å². The van der Waals surface area contributed by atoms with E-state index in [2.05, 4.69) is 20.6 Å². The molecule has 5 rings (SSSR count). The number of para-hydroxylation sites is 2. The summed E-state index contributed by atoms with van der Waals surface area (Å²) in [6.07, 6.45) is -3.81. The van der Waals surface area contributed by atoms with Crippen molar-refractivity contribution in [2.75, 3.05) is 29.9 Å². The van der Waals surface area contributed by atoms with Gasteiger partial charge in [-0.3, -0.25) is 14.5 Å². The van der Waals surface area contributed by atoms with Gasteiger partial charge in [0.05, 0.1) is 16.6 Å². The van der Waals surface area contributed by atoms with Gasteiger partial charge >= 0.3 is 12.2 Å². The van der Waals surface area contributed by atoms with Crippen LogP contribution >= 0.6 is 12.4 Å². The number of amides is 4. The van der Waals surface area contributed by atoms with Gasteiger partial charge in [0.25, 0.3) is 5.91 Å². The first-order chi connectivity index (χ1) is 16.6. The molecule has 0 unspecified atom stereocenters. The van der Waals surface area contributed by atoms with E-state index in [1.54, 1.807) is 0 Å². The van der Waals surface area contributed by atoms with E-state index >= 15 is 0 Å². The highest BCUT2D eigenvalue weighted by Gasteiger charge is 2.53. The molecule has 2 aliphatic rings. The second-order valence-corrected chi connectivity index (χ2v) is 8.59. The molecule has 4 amide bonds. The lowest BCUT2D eigenvalue weighted by Crippen LogP contribution is -2.55. The van der Waals surface area contributed by atoms with Gasteiger partial charge in [-0.05, 0) is 49.2 Å². The lowest BCUT2D eigenvalue weighted by Gasteiger charge is -2.37. The zero-order valence-corrected chi connectivity index (χ0v) is 19.6. The number of aromatic amines is 1. The van der Waals surface area contributed by atoms with Crippen LogP contribution in [0.25, 0.3) is 11.0 Å². The van der Waals surface area contributed by atoms with E-state index in [0.717, 1.165) is 40.2 Å². The van der Waals surface area contributed by atoms with Crippen molar-refractivity contribution in [2.45, 2.75) is 24.6 Å². The number of hydrogen-bond donors (Lipinski definition) is 3. The number of imide groups is 1. The van der Waals surface area contributed by atoms with Crippen molar-refractivity contribution in [1.82, 2.24) is 20.2 Å². The van der Waals surface area contributed by atoms with Gasteiger partial charge in [0.15, 0.2) is 0 Å². The Morgan fingerprint density at radius 3 is 2.36 bits per heavy atom. The first-order valence-corrected chi connectivity index (χ1v) is 11.0. The van der Waals surface area contributed by atoms with Gasteiger partial charge in [-0.15, -0.1) is 12.4 Å². The van der Waals surface area contributed by atoms with E-state index in [0.29, 0.717) is 31.9 Å². The number of nitrogens with one attached hydrogen (secondary N) is 3. The highest BCUT2D eigenvalue weighted by atomic mass is 35.5. The Bertz CT molecular complexity index is 1270. The molecule has 0 saturated carbocycles. The van der Waals surface area contributed by atoms with Crippen LogP contribution in [0.15, 0.2) is 48.5 Å². The Balaban J connectivity index is 0.00000304. The first kappa shape index (κ1) is 25.3. The van der Waals surface area contributed by atoms with Gasteiger partial charge in [0, 0.05) is 18.8 Å². The highest BCUT2D eigenvalue weighted by Crippen LogP contribution is 2.32. The van der Waals surface area contributed by atoms with Crippen molar-refractivity contribution in [3.05, 3.63) is 54.1 Å². The highest BCUT2D eigenvalue weighted by molar-refractivity contribution is 6.10. The number of rotatable bonds is 4. The molecule has 0 radical (unpaired) electrons. The zero-order chi connectivity index (χ0) is 24.8. The van der Waals surface area contributed by atoms with Crippen LogP contribution < -0.4 is 15.5 Å². The minimum Gasteiger partial charge on any atom is -0.342 e. The zero-order valence-electron chi connectivity index (χ0n) is 18.8. The van der Waals surface area contributed by atoms with Crippen molar-refractivity contribution in [1.29, 1.82) is 0 Å². The standard InChI is InChI=1S/C23H21F3N6O3.ClH/c24-23(25,26)14-5-7-15(8-6-14)27-18(33)13-32-19(34)22(30-21(32)35)9-11-31(12-10-22)20-28-16-3-1-2-4-17(16)29-20;/h1-8H,9-13H2,(H,27,33)(H,28,29)(H,30,35);1H. The van der Waals surface area contributed by atoms with Crippen molar-refractivity contribution >= 4 is 52.9 Å². The maximum absolute atomic E-state index is 13.1. The van der Waals surface area contributed by atoms with Crippen LogP contribution in [0.4, 0.5) is 29.6 Å². The fourth-order valence-electron chi connectivity index (χ4n) is 4.43. The number of aromatic nitrogens is 2. The smallest absolute Gasteiger partial charge is 0.342 e. The van der Waals surface area contributed by atoms with Crippen molar-refractivity contribution in [3.8, 4) is 0 Å². The number of piperidine rings is 1. The largest absolute Gasteiger partial charge is 0.416 e. The number of benzene rings is 2. The van der Waals surface area contributed by atoms with Gasteiger partial charge < -0.3 is 20.5 Å². The second kappa shape index (κ2) is 9.34. The average molecular weight is 523 g/mol. The molecular weight excluding hydrogens is 501 g/mol. The summed E-state index contributed by atoms with van der Waals surface area (Å²) in [5.41, 5.74) is -0.0882. The Labute approximate surface area is 209 Å². The number of nitrogens with zero attached hydrogens (tertiary/aromatic N) is 3. The number of anilines is 2. The fourth-order valence-corrected chi connectivity index (χ4v) is 4.43. The number of fused-ring (bicyclic) bond motifs is 1. The van der Waals surface area contributed by atoms with Crippen molar-refractivity contribution in [2.24, 2.45) is 0 Å². The van der Waals surface area contributed by atoms with Gasteiger partial charge in [0.1, 0.15) is 12.1 Å². The Hall–Kier alpha value is -3.80. The number of halogens is 4. The van der Waals surface area contributed by atoms with Crippen LogP contribution in [-0.2, 0) is 15.8 Å². The van der Waals surface area contributed by atoms with Crippen LogP contribution in [0, 0.1) is 0 Å². The monoisotopic (exact) mass is 522 g/mol. The molecule has 0 atom stereocenters. The third-order valence-corrected chi connectivity index (χ3v) is 6.34.